The molecule has 6 rings (SSSR count). The van der Waals surface area contributed by atoms with Gasteiger partial charge in [0.05, 0.1) is 37.0 Å². The number of carbonyl (C=O) groups excluding carboxylic acids is 2. The van der Waals surface area contributed by atoms with Crippen molar-refractivity contribution in [3.63, 3.8) is 0 Å². The summed E-state index contributed by atoms with van der Waals surface area (Å²) in [6, 6.07) is 6.98. The number of hydrogen-bond acceptors (Lipinski definition) is 13. The number of ether oxygens (including phenoxy) is 5. The van der Waals surface area contributed by atoms with Gasteiger partial charge >= 0.3 is 11.9 Å². The van der Waals surface area contributed by atoms with Gasteiger partial charge in [-0.2, -0.15) is 0 Å². The number of rotatable bonds is 10. The van der Waals surface area contributed by atoms with Crippen molar-refractivity contribution >= 4 is 35.3 Å². The van der Waals surface area contributed by atoms with E-state index in [4.69, 9.17) is 35.3 Å². The molecule has 1 N–H and O–H groups in total. The predicted molar refractivity (Wildman–Crippen MR) is 174 cm³/mol. The molecule has 0 amide bonds. The SMILES string of the molecule is CO[C@@H]1[C@@H](n2cc(-c3cc(F)c(F)c(F)c3)nn2)[C@@H](OC(C)=O)[C@@H](COC(C)=O)O[C@H]1S[C@@H]1COC[C@H](n2cc(-c3cccc(Cl)c3)nn2)[C@H]1O. The van der Waals surface area contributed by atoms with Crippen molar-refractivity contribution in [2.45, 2.75) is 61.0 Å². The Morgan fingerprint density at radius 1 is 0.980 bits per heavy atom. The maximum absolute atomic E-state index is 14.1. The highest BCUT2D eigenvalue weighted by molar-refractivity contribution is 8.00. The summed E-state index contributed by atoms with van der Waals surface area (Å²) in [7, 11) is 1.39. The zero-order valence-electron chi connectivity index (χ0n) is 27.3. The van der Waals surface area contributed by atoms with E-state index in [9.17, 15) is 27.9 Å². The summed E-state index contributed by atoms with van der Waals surface area (Å²) in [6.45, 7) is 2.28. The average Bonchev–Trinajstić information content (AvgIpc) is 3.78. The number of aliphatic hydroxyl groups excluding tert-OH is 1. The van der Waals surface area contributed by atoms with Crippen LogP contribution in [0.25, 0.3) is 22.5 Å². The van der Waals surface area contributed by atoms with Gasteiger partial charge in [-0.1, -0.05) is 34.2 Å². The normalized spacial score (nSPS) is 26.5. The maximum Gasteiger partial charge on any atom is 0.303 e. The molecule has 2 aliphatic heterocycles. The van der Waals surface area contributed by atoms with Gasteiger partial charge in [-0.3, -0.25) is 9.59 Å². The van der Waals surface area contributed by atoms with E-state index in [1.165, 1.54) is 48.3 Å². The lowest BCUT2D eigenvalue weighted by molar-refractivity contribution is -0.208. The van der Waals surface area contributed by atoms with E-state index >= 15 is 0 Å². The molecule has 2 aromatic heterocycles. The van der Waals surface area contributed by atoms with E-state index in [2.05, 4.69) is 20.6 Å². The highest BCUT2D eigenvalue weighted by Gasteiger charge is 2.52. The largest absolute Gasteiger partial charge is 0.463 e. The Hall–Kier alpha value is -4.07. The number of benzene rings is 2. The molecule has 272 valence electrons. The fourth-order valence-corrected chi connectivity index (χ4v) is 7.66. The maximum atomic E-state index is 14.1. The molecule has 51 heavy (non-hydrogen) atoms. The first-order valence-electron chi connectivity index (χ1n) is 15.6. The van der Waals surface area contributed by atoms with Crippen LogP contribution in [0.1, 0.15) is 25.9 Å². The Kier molecular flexibility index (Phi) is 11.3. The first-order valence-corrected chi connectivity index (χ1v) is 16.9. The second-order valence-corrected chi connectivity index (χ2v) is 13.6. The molecule has 19 heteroatoms. The molecule has 0 aliphatic carbocycles. The number of aliphatic hydroxyl groups is 1. The van der Waals surface area contributed by atoms with E-state index in [0.717, 1.165) is 17.7 Å². The standard InChI is InChI=1S/C32H32ClF3N6O8S/c1-15(43)48-13-25-30(49-16(2)44)28(42-11-23(38-40-42)18-8-20(34)27(36)21(35)9-18)31(46-3)32(50-25)51-26-14-47-12-24(29(26)45)41-10-22(37-39-41)17-5-4-6-19(33)7-17/h4-11,24-26,28-32,45H,12-14H2,1-3H3/t24-,25+,26+,28-,29+,30-,31+,32-/m0/s1. The van der Waals surface area contributed by atoms with E-state index in [-0.39, 0.29) is 31.1 Å². The molecule has 8 atom stereocenters. The van der Waals surface area contributed by atoms with Gasteiger partial charge in [0.15, 0.2) is 23.6 Å². The predicted octanol–water partition coefficient (Wildman–Crippen LogP) is 3.78. The molecule has 0 saturated carbocycles. The van der Waals surface area contributed by atoms with E-state index in [0.29, 0.717) is 10.7 Å². The summed E-state index contributed by atoms with van der Waals surface area (Å²) in [5.74, 6) is -5.81. The average molecular weight is 753 g/mol. The van der Waals surface area contributed by atoms with Crippen LogP contribution in [-0.2, 0) is 33.3 Å². The van der Waals surface area contributed by atoms with Crippen LogP contribution < -0.4 is 0 Å². The van der Waals surface area contributed by atoms with Crippen molar-refractivity contribution in [1.29, 1.82) is 0 Å². The molecule has 2 aliphatic rings. The monoisotopic (exact) mass is 752 g/mol. The molecule has 4 heterocycles. The molecular weight excluding hydrogens is 721 g/mol. The smallest absolute Gasteiger partial charge is 0.303 e. The van der Waals surface area contributed by atoms with E-state index < -0.39 is 76.6 Å². The van der Waals surface area contributed by atoms with Gasteiger partial charge < -0.3 is 28.8 Å². The van der Waals surface area contributed by atoms with Gasteiger partial charge in [-0.15, -0.1) is 22.0 Å². The number of carbonyl (C=O) groups is 2. The molecule has 4 aromatic rings. The third kappa shape index (κ3) is 8.05. The second-order valence-electron chi connectivity index (χ2n) is 11.8. The molecule has 0 spiro atoms. The summed E-state index contributed by atoms with van der Waals surface area (Å²) >= 11 is 7.31. The Morgan fingerprint density at radius 3 is 2.33 bits per heavy atom. The molecule has 2 saturated heterocycles. The van der Waals surface area contributed by atoms with Crippen molar-refractivity contribution in [3.05, 3.63) is 71.3 Å². The highest BCUT2D eigenvalue weighted by atomic mass is 35.5. The van der Waals surface area contributed by atoms with Crippen LogP contribution in [0.4, 0.5) is 13.2 Å². The van der Waals surface area contributed by atoms with Gasteiger partial charge in [-0.25, -0.2) is 22.5 Å². The topological polar surface area (TPSA) is 162 Å². The number of thioether (sulfide) groups is 1. The number of methoxy groups -OCH3 is 1. The lowest BCUT2D eigenvalue weighted by atomic mass is 9.96. The van der Waals surface area contributed by atoms with Gasteiger partial charge in [0.1, 0.15) is 47.7 Å². The summed E-state index contributed by atoms with van der Waals surface area (Å²) in [6.07, 6.45) is -1.25. The van der Waals surface area contributed by atoms with Crippen LogP contribution in [0.15, 0.2) is 48.8 Å². The fraction of sp³-hybridized carbons (Fsp3) is 0.438. The van der Waals surface area contributed by atoms with Crippen LogP contribution in [0.2, 0.25) is 5.02 Å². The van der Waals surface area contributed by atoms with Crippen molar-refractivity contribution in [2.24, 2.45) is 0 Å². The van der Waals surface area contributed by atoms with Gasteiger partial charge in [0.25, 0.3) is 0 Å². The Bertz CT molecular complexity index is 1860. The molecule has 0 unspecified atom stereocenters. The summed E-state index contributed by atoms with van der Waals surface area (Å²) in [5.41, 5.74) is 0.217. The summed E-state index contributed by atoms with van der Waals surface area (Å²) in [5, 5.41) is 28.2. The molecular formula is C32H32ClF3N6O8S. The van der Waals surface area contributed by atoms with E-state index in [1.54, 1.807) is 24.4 Å². The van der Waals surface area contributed by atoms with Crippen molar-refractivity contribution in [1.82, 2.24) is 30.0 Å². The zero-order valence-corrected chi connectivity index (χ0v) is 28.8. The number of hydrogen-bond donors (Lipinski definition) is 1. The van der Waals surface area contributed by atoms with Crippen molar-refractivity contribution in [2.75, 3.05) is 26.9 Å². The quantitative estimate of drug-likeness (QED) is 0.184. The Balaban J connectivity index is 1.30. The molecule has 2 aromatic carbocycles. The zero-order chi connectivity index (χ0) is 36.4. The number of halogens is 4. The molecule has 14 nitrogen and oxygen atoms in total. The lowest BCUT2D eigenvalue weighted by Gasteiger charge is -2.46. The summed E-state index contributed by atoms with van der Waals surface area (Å²) in [4.78, 5) is 24.2. The molecule has 0 radical (unpaired) electrons. The number of aromatic nitrogens is 6. The minimum absolute atomic E-state index is 0.0274. The number of nitrogens with zero attached hydrogens (tertiary/aromatic N) is 6. The van der Waals surface area contributed by atoms with Gasteiger partial charge in [-0.05, 0) is 24.3 Å². The number of esters is 2. The Morgan fingerprint density at radius 2 is 1.67 bits per heavy atom. The van der Waals surface area contributed by atoms with Crippen LogP contribution in [0.5, 0.6) is 0 Å². The summed E-state index contributed by atoms with van der Waals surface area (Å²) < 4.78 is 73.8. The third-order valence-corrected chi connectivity index (χ3v) is 10.0. The third-order valence-electron chi connectivity index (χ3n) is 8.36. The first kappa shape index (κ1) is 36.7. The molecule has 0 bridgehead atoms. The van der Waals surface area contributed by atoms with Crippen LogP contribution in [0.3, 0.4) is 0 Å². The highest BCUT2D eigenvalue weighted by Crippen LogP contribution is 2.42. The van der Waals surface area contributed by atoms with Gasteiger partial charge in [0.2, 0.25) is 0 Å². The minimum Gasteiger partial charge on any atom is -0.463 e. The second kappa shape index (κ2) is 15.7. The first-order chi connectivity index (χ1) is 24.4. The van der Waals surface area contributed by atoms with Crippen molar-refractivity contribution < 1.29 is 51.6 Å². The molecule has 2 fully saturated rings. The van der Waals surface area contributed by atoms with Crippen molar-refractivity contribution in [3.8, 4) is 22.5 Å². The van der Waals surface area contributed by atoms with Gasteiger partial charge in [0, 0.05) is 37.1 Å². The Labute approximate surface area is 298 Å². The fourth-order valence-electron chi connectivity index (χ4n) is 5.98. The lowest BCUT2D eigenvalue weighted by Crippen LogP contribution is -2.58. The van der Waals surface area contributed by atoms with E-state index in [1.807, 2.05) is 6.07 Å². The van der Waals surface area contributed by atoms with Crippen LogP contribution in [-0.4, -0.2) is 109 Å². The minimum atomic E-state index is -1.64. The van der Waals surface area contributed by atoms with Crippen LogP contribution >= 0.6 is 23.4 Å². The van der Waals surface area contributed by atoms with Crippen LogP contribution in [0, 0.1) is 17.5 Å².